The lowest BCUT2D eigenvalue weighted by Gasteiger charge is -2.24. The predicted octanol–water partition coefficient (Wildman–Crippen LogP) is 3.64. The fourth-order valence-corrected chi connectivity index (χ4v) is 2.49. The Morgan fingerprint density at radius 2 is 2.00 bits per heavy atom. The van der Waals surface area contributed by atoms with Crippen molar-refractivity contribution < 1.29 is 0 Å². The Morgan fingerprint density at radius 1 is 1.29 bits per heavy atom. The SMILES string of the molecule is C=CCCCC(N)CC1CCCCC1. The van der Waals surface area contributed by atoms with Crippen LogP contribution < -0.4 is 5.73 Å². The minimum atomic E-state index is 0.443. The molecule has 0 saturated heterocycles. The molecule has 1 fully saturated rings. The van der Waals surface area contributed by atoms with Gasteiger partial charge in [-0.15, -0.1) is 6.58 Å². The molecule has 0 aromatic carbocycles. The molecule has 1 aliphatic carbocycles. The lowest BCUT2D eigenvalue weighted by Crippen LogP contribution is -2.24. The Morgan fingerprint density at radius 3 is 2.64 bits per heavy atom. The van der Waals surface area contributed by atoms with Crippen molar-refractivity contribution in [3.63, 3.8) is 0 Å². The summed E-state index contributed by atoms with van der Waals surface area (Å²) in [6.45, 7) is 3.73. The lowest BCUT2D eigenvalue weighted by molar-refractivity contribution is 0.311. The molecule has 0 aliphatic heterocycles. The van der Waals surface area contributed by atoms with Gasteiger partial charge in [0.25, 0.3) is 0 Å². The van der Waals surface area contributed by atoms with Crippen LogP contribution in [0.3, 0.4) is 0 Å². The highest BCUT2D eigenvalue weighted by atomic mass is 14.6. The van der Waals surface area contributed by atoms with Gasteiger partial charge in [0.05, 0.1) is 0 Å². The van der Waals surface area contributed by atoms with Gasteiger partial charge in [-0.2, -0.15) is 0 Å². The second kappa shape index (κ2) is 7.05. The Labute approximate surface area is 88.8 Å². The van der Waals surface area contributed by atoms with Gasteiger partial charge in [-0.25, -0.2) is 0 Å². The third kappa shape index (κ3) is 4.80. The maximum absolute atomic E-state index is 6.11. The van der Waals surface area contributed by atoms with Gasteiger partial charge in [-0.05, 0) is 31.6 Å². The summed E-state index contributed by atoms with van der Waals surface area (Å²) in [5.41, 5.74) is 6.11. The van der Waals surface area contributed by atoms with E-state index in [1.165, 1.54) is 51.4 Å². The molecule has 1 atom stereocenters. The molecule has 1 heteroatoms. The highest BCUT2D eigenvalue weighted by molar-refractivity contribution is 4.74. The van der Waals surface area contributed by atoms with Crippen LogP contribution in [0.1, 0.15) is 57.8 Å². The number of hydrogen-bond acceptors (Lipinski definition) is 1. The Bertz CT molecular complexity index is 147. The molecule has 0 spiro atoms. The zero-order chi connectivity index (χ0) is 10.2. The number of unbranched alkanes of at least 4 members (excludes halogenated alkanes) is 1. The van der Waals surface area contributed by atoms with E-state index in [4.69, 9.17) is 5.73 Å². The summed E-state index contributed by atoms with van der Waals surface area (Å²) < 4.78 is 0. The highest BCUT2D eigenvalue weighted by Gasteiger charge is 2.16. The smallest absolute Gasteiger partial charge is 0.00415 e. The fourth-order valence-electron chi connectivity index (χ4n) is 2.49. The second-order valence-electron chi connectivity index (χ2n) is 4.72. The van der Waals surface area contributed by atoms with E-state index >= 15 is 0 Å². The summed E-state index contributed by atoms with van der Waals surface area (Å²) in [6.07, 6.45) is 13.9. The molecule has 1 nitrogen and oxygen atoms in total. The minimum absolute atomic E-state index is 0.443. The molecule has 14 heavy (non-hydrogen) atoms. The van der Waals surface area contributed by atoms with Crippen molar-refractivity contribution in [1.29, 1.82) is 0 Å². The molecular formula is C13H25N. The third-order valence-electron chi connectivity index (χ3n) is 3.34. The van der Waals surface area contributed by atoms with E-state index in [9.17, 15) is 0 Å². The average Bonchev–Trinajstić information content (AvgIpc) is 2.20. The molecule has 0 bridgehead atoms. The molecular weight excluding hydrogens is 170 g/mol. The Hall–Kier alpha value is -0.300. The van der Waals surface area contributed by atoms with E-state index in [1.54, 1.807) is 0 Å². The van der Waals surface area contributed by atoms with Gasteiger partial charge in [-0.3, -0.25) is 0 Å². The molecule has 1 rings (SSSR count). The van der Waals surface area contributed by atoms with Gasteiger partial charge in [0, 0.05) is 6.04 Å². The van der Waals surface area contributed by atoms with E-state index in [0.717, 1.165) is 12.3 Å². The van der Waals surface area contributed by atoms with E-state index in [2.05, 4.69) is 6.58 Å². The van der Waals surface area contributed by atoms with Crippen molar-refractivity contribution in [2.45, 2.75) is 63.8 Å². The summed E-state index contributed by atoms with van der Waals surface area (Å²) in [6, 6.07) is 0.443. The lowest BCUT2D eigenvalue weighted by atomic mass is 9.84. The van der Waals surface area contributed by atoms with Crippen LogP contribution >= 0.6 is 0 Å². The van der Waals surface area contributed by atoms with Crippen molar-refractivity contribution in [3.8, 4) is 0 Å². The zero-order valence-corrected chi connectivity index (χ0v) is 9.38. The first kappa shape index (κ1) is 11.8. The van der Waals surface area contributed by atoms with Crippen molar-refractivity contribution in [1.82, 2.24) is 0 Å². The molecule has 0 heterocycles. The number of hydrogen-bond donors (Lipinski definition) is 1. The van der Waals surface area contributed by atoms with Crippen LogP contribution in [0.25, 0.3) is 0 Å². The van der Waals surface area contributed by atoms with Gasteiger partial charge in [0.15, 0.2) is 0 Å². The first-order chi connectivity index (χ1) is 6.83. The maximum atomic E-state index is 6.11. The summed E-state index contributed by atoms with van der Waals surface area (Å²) in [4.78, 5) is 0. The van der Waals surface area contributed by atoms with Crippen LogP contribution in [0.5, 0.6) is 0 Å². The summed E-state index contributed by atoms with van der Waals surface area (Å²) >= 11 is 0. The highest BCUT2D eigenvalue weighted by Crippen LogP contribution is 2.27. The molecule has 0 amide bonds. The van der Waals surface area contributed by atoms with E-state index in [0.29, 0.717) is 6.04 Å². The number of nitrogens with two attached hydrogens (primary N) is 1. The van der Waals surface area contributed by atoms with Crippen LogP contribution in [0.4, 0.5) is 0 Å². The fraction of sp³-hybridized carbons (Fsp3) is 0.846. The van der Waals surface area contributed by atoms with Gasteiger partial charge < -0.3 is 5.73 Å². The average molecular weight is 195 g/mol. The Kier molecular flexibility index (Phi) is 5.93. The van der Waals surface area contributed by atoms with Gasteiger partial charge in [0.2, 0.25) is 0 Å². The van der Waals surface area contributed by atoms with Crippen molar-refractivity contribution in [3.05, 3.63) is 12.7 Å². The quantitative estimate of drug-likeness (QED) is 0.508. The summed E-state index contributed by atoms with van der Waals surface area (Å²) in [5.74, 6) is 0.933. The first-order valence-corrected chi connectivity index (χ1v) is 6.19. The number of rotatable bonds is 6. The number of allylic oxidation sites excluding steroid dienone is 1. The predicted molar refractivity (Wildman–Crippen MR) is 63.2 cm³/mol. The normalized spacial score (nSPS) is 20.6. The van der Waals surface area contributed by atoms with Crippen molar-refractivity contribution >= 4 is 0 Å². The van der Waals surface area contributed by atoms with Gasteiger partial charge >= 0.3 is 0 Å². The van der Waals surface area contributed by atoms with E-state index in [1.807, 2.05) is 6.08 Å². The van der Waals surface area contributed by atoms with E-state index < -0.39 is 0 Å². The molecule has 1 unspecified atom stereocenters. The molecule has 2 N–H and O–H groups in total. The summed E-state index contributed by atoms with van der Waals surface area (Å²) in [5, 5.41) is 0. The molecule has 1 aliphatic rings. The van der Waals surface area contributed by atoms with Gasteiger partial charge in [0.1, 0.15) is 0 Å². The molecule has 0 radical (unpaired) electrons. The Balaban J connectivity index is 2.05. The van der Waals surface area contributed by atoms with Crippen LogP contribution in [0.15, 0.2) is 12.7 Å². The monoisotopic (exact) mass is 195 g/mol. The third-order valence-corrected chi connectivity index (χ3v) is 3.34. The zero-order valence-electron chi connectivity index (χ0n) is 9.38. The maximum Gasteiger partial charge on any atom is 0.00415 e. The minimum Gasteiger partial charge on any atom is -0.328 e. The summed E-state index contributed by atoms with van der Waals surface area (Å²) in [7, 11) is 0. The van der Waals surface area contributed by atoms with Crippen LogP contribution in [-0.2, 0) is 0 Å². The topological polar surface area (TPSA) is 26.0 Å². The molecule has 1 saturated carbocycles. The standard InChI is InChI=1S/C13H25N/c1-2-3-5-10-13(14)11-12-8-6-4-7-9-12/h2,12-13H,1,3-11,14H2. The van der Waals surface area contributed by atoms with Crippen LogP contribution in [-0.4, -0.2) is 6.04 Å². The molecule has 82 valence electrons. The van der Waals surface area contributed by atoms with Gasteiger partial charge in [-0.1, -0.05) is 38.2 Å². The van der Waals surface area contributed by atoms with Crippen LogP contribution in [0.2, 0.25) is 0 Å². The largest absolute Gasteiger partial charge is 0.328 e. The second-order valence-corrected chi connectivity index (χ2v) is 4.72. The van der Waals surface area contributed by atoms with Crippen molar-refractivity contribution in [2.75, 3.05) is 0 Å². The van der Waals surface area contributed by atoms with E-state index in [-0.39, 0.29) is 0 Å². The van der Waals surface area contributed by atoms with Crippen molar-refractivity contribution in [2.24, 2.45) is 11.7 Å². The molecule has 0 aromatic heterocycles. The first-order valence-electron chi connectivity index (χ1n) is 6.19. The molecule has 0 aromatic rings. The van der Waals surface area contributed by atoms with Crippen LogP contribution in [0, 0.1) is 5.92 Å².